The zero-order chi connectivity index (χ0) is 8.36. The van der Waals surface area contributed by atoms with Crippen molar-refractivity contribution >= 4 is 8.96 Å². The highest BCUT2D eigenvalue weighted by molar-refractivity contribution is 6.53. The van der Waals surface area contributed by atoms with Crippen molar-refractivity contribution in [2.75, 3.05) is 0 Å². The summed E-state index contributed by atoms with van der Waals surface area (Å²) in [5.74, 6) is 0.724. The molecule has 0 aromatic heterocycles. The van der Waals surface area contributed by atoms with Gasteiger partial charge in [-0.2, -0.15) is 0 Å². The summed E-state index contributed by atoms with van der Waals surface area (Å²) in [5, 5.41) is 0. The molecule has 62 valence electrons. The smallest absolute Gasteiger partial charge is 0.103 e. The largest absolute Gasteiger partial charge is 0.335 e. The van der Waals surface area contributed by atoms with Crippen molar-refractivity contribution < 1.29 is 0 Å². The first-order valence-electron chi connectivity index (χ1n) is 4.14. The molecular formula is C8H21NSi. The van der Waals surface area contributed by atoms with E-state index in [0.717, 1.165) is 5.92 Å². The van der Waals surface area contributed by atoms with E-state index in [0.29, 0.717) is 5.54 Å². The van der Waals surface area contributed by atoms with E-state index in [4.69, 9.17) is 0 Å². The highest BCUT2D eigenvalue weighted by atomic mass is 28.3. The van der Waals surface area contributed by atoms with Crippen molar-refractivity contribution in [2.45, 2.75) is 46.3 Å². The van der Waals surface area contributed by atoms with Crippen LogP contribution < -0.4 is 4.98 Å². The monoisotopic (exact) mass is 159 g/mol. The van der Waals surface area contributed by atoms with Crippen LogP contribution in [0, 0.1) is 5.92 Å². The van der Waals surface area contributed by atoms with Crippen molar-refractivity contribution in [3.05, 3.63) is 0 Å². The molecule has 1 N–H and O–H groups in total. The van der Waals surface area contributed by atoms with E-state index >= 15 is 0 Å². The Morgan fingerprint density at radius 1 is 1.20 bits per heavy atom. The summed E-state index contributed by atoms with van der Waals surface area (Å²) < 4.78 is 0. The second kappa shape index (κ2) is 3.53. The van der Waals surface area contributed by atoms with E-state index in [1.807, 2.05) is 0 Å². The van der Waals surface area contributed by atoms with Crippen LogP contribution in [0.5, 0.6) is 0 Å². The van der Waals surface area contributed by atoms with Gasteiger partial charge in [0.15, 0.2) is 0 Å². The summed E-state index contributed by atoms with van der Waals surface area (Å²) in [5.41, 5.74) is 0.334. The minimum Gasteiger partial charge on any atom is -0.335 e. The second-order valence-corrected chi connectivity index (χ2v) is 6.77. The Morgan fingerprint density at radius 3 is 1.70 bits per heavy atom. The molecule has 0 atom stereocenters. The predicted molar refractivity (Wildman–Crippen MR) is 50.9 cm³/mol. The molecule has 0 saturated carbocycles. The molecule has 0 amide bonds. The minimum absolute atomic E-state index is 0.334. The first-order chi connectivity index (χ1) is 4.36. The van der Waals surface area contributed by atoms with Crippen LogP contribution in [-0.2, 0) is 0 Å². The molecule has 0 saturated heterocycles. The Bertz CT molecular complexity index is 97.4. The van der Waals surface area contributed by atoms with Gasteiger partial charge in [-0.3, -0.25) is 0 Å². The summed E-state index contributed by atoms with van der Waals surface area (Å²) in [6.45, 7) is 13.7. The summed E-state index contributed by atoms with van der Waals surface area (Å²) in [6, 6.07) is 0. The van der Waals surface area contributed by atoms with Crippen LogP contribution in [0.2, 0.25) is 13.1 Å². The average Bonchev–Trinajstić information content (AvgIpc) is 1.60. The lowest BCUT2D eigenvalue weighted by Crippen LogP contribution is -2.49. The molecule has 0 aliphatic heterocycles. The molecule has 0 aromatic carbocycles. The molecule has 0 aliphatic rings. The van der Waals surface area contributed by atoms with Crippen molar-refractivity contribution in [3.8, 4) is 0 Å². The Labute approximate surface area is 66.9 Å². The van der Waals surface area contributed by atoms with Crippen LogP contribution in [0.25, 0.3) is 0 Å². The third-order valence-electron chi connectivity index (χ3n) is 2.10. The van der Waals surface area contributed by atoms with Gasteiger partial charge in [0.2, 0.25) is 0 Å². The van der Waals surface area contributed by atoms with Crippen LogP contribution >= 0.6 is 0 Å². The third kappa shape index (κ3) is 3.37. The first kappa shape index (κ1) is 10.2. The Balaban J connectivity index is 3.87. The van der Waals surface area contributed by atoms with E-state index in [2.05, 4.69) is 45.8 Å². The van der Waals surface area contributed by atoms with E-state index in [9.17, 15) is 0 Å². The number of rotatable bonds is 3. The first-order valence-corrected chi connectivity index (χ1v) is 7.02. The molecule has 1 nitrogen and oxygen atoms in total. The highest BCUT2D eigenvalue weighted by Gasteiger charge is 2.21. The molecule has 0 aromatic rings. The lowest BCUT2D eigenvalue weighted by atomic mass is 9.92. The molecule has 0 radical (unpaired) electrons. The molecule has 0 spiro atoms. The quantitative estimate of drug-likeness (QED) is 0.621. The molecular weight excluding hydrogens is 138 g/mol. The maximum absolute atomic E-state index is 3.66. The summed E-state index contributed by atoms with van der Waals surface area (Å²) in [4.78, 5) is 3.66. The van der Waals surface area contributed by atoms with Crippen LogP contribution in [-0.4, -0.2) is 14.5 Å². The molecule has 0 fully saturated rings. The lowest BCUT2D eigenvalue weighted by Gasteiger charge is -2.32. The zero-order valence-corrected chi connectivity index (χ0v) is 9.31. The number of nitrogens with one attached hydrogen (secondary N) is 1. The maximum Gasteiger partial charge on any atom is 0.103 e. The van der Waals surface area contributed by atoms with Gasteiger partial charge in [-0.25, -0.2) is 0 Å². The van der Waals surface area contributed by atoms with Gasteiger partial charge in [0, 0.05) is 5.54 Å². The van der Waals surface area contributed by atoms with Crippen LogP contribution in [0.1, 0.15) is 27.7 Å². The average molecular weight is 159 g/mol. The van der Waals surface area contributed by atoms with E-state index in [1.165, 1.54) is 0 Å². The van der Waals surface area contributed by atoms with Gasteiger partial charge >= 0.3 is 0 Å². The van der Waals surface area contributed by atoms with Crippen LogP contribution in [0.3, 0.4) is 0 Å². The standard InChI is InChI=1S/C8H21NSi/c1-7(2)8(3,4)9-10(5)6/h7,9-10H,1-6H3. The van der Waals surface area contributed by atoms with Gasteiger partial charge in [0.1, 0.15) is 8.96 Å². The van der Waals surface area contributed by atoms with Gasteiger partial charge < -0.3 is 4.98 Å². The summed E-state index contributed by atoms with van der Waals surface area (Å²) >= 11 is 0. The highest BCUT2D eigenvalue weighted by Crippen LogP contribution is 2.14. The van der Waals surface area contributed by atoms with Gasteiger partial charge in [0.25, 0.3) is 0 Å². The Hall–Kier alpha value is 0.177. The third-order valence-corrected chi connectivity index (χ3v) is 3.43. The van der Waals surface area contributed by atoms with Gasteiger partial charge in [0.05, 0.1) is 0 Å². The van der Waals surface area contributed by atoms with Crippen LogP contribution in [0.4, 0.5) is 0 Å². The normalized spacial score (nSPS) is 13.2. The predicted octanol–water partition coefficient (Wildman–Crippen LogP) is 1.99. The summed E-state index contributed by atoms with van der Waals surface area (Å²) in [7, 11) is -0.602. The molecule has 2 heteroatoms. The topological polar surface area (TPSA) is 12.0 Å². The minimum atomic E-state index is -0.602. The van der Waals surface area contributed by atoms with Crippen LogP contribution in [0.15, 0.2) is 0 Å². The fourth-order valence-electron chi connectivity index (χ4n) is 0.911. The fourth-order valence-corrected chi connectivity index (χ4v) is 2.73. The molecule has 0 rings (SSSR count). The molecule has 0 unspecified atom stereocenters. The number of hydrogen-bond acceptors (Lipinski definition) is 1. The van der Waals surface area contributed by atoms with Gasteiger partial charge in [-0.05, 0) is 19.8 Å². The Kier molecular flexibility index (Phi) is 3.60. The van der Waals surface area contributed by atoms with Crippen molar-refractivity contribution in [2.24, 2.45) is 5.92 Å². The molecule has 0 bridgehead atoms. The Morgan fingerprint density at radius 2 is 1.60 bits per heavy atom. The van der Waals surface area contributed by atoms with E-state index in [-0.39, 0.29) is 0 Å². The lowest BCUT2D eigenvalue weighted by molar-refractivity contribution is 0.338. The van der Waals surface area contributed by atoms with Crippen molar-refractivity contribution in [1.82, 2.24) is 4.98 Å². The van der Waals surface area contributed by atoms with Gasteiger partial charge in [-0.15, -0.1) is 0 Å². The van der Waals surface area contributed by atoms with E-state index in [1.54, 1.807) is 0 Å². The van der Waals surface area contributed by atoms with Crippen molar-refractivity contribution in [1.29, 1.82) is 0 Å². The van der Waals surface area contributed by atoms with E-state index < -0.39 is 8.96 Å². The molecule has 10 heavy (non-hydrogen) atoms. The maximum atomic E-state index is 3.66. The molecule has 0 heterocycles. The molecule has 0 aliphatic carbocycles. The number of hydrogen-bond donors (Lipinski definition) is 1. The fraction of sp³-hybridized carbons (Fsp3) is 1.00. The van der Waals surface area contributed by atoms with Crippen molar-refractivity contribution in [3.63, 3.8) is 0 Å². The zero-order valence-electron chi connectivity index (χ0n) is 8.15. The van der Waals surface area contributed by atoms with Gasteiger partial charge in [-0.1, -0.05) is 26.9 Å². The SMILES string of the molecule is CC(C)C(C)(C)N[SiH](C)C. The summed E-state index contributed by atoms with van der Waals surface area (Å²) in [6.07, 6.45) is 0. The second-order valence-electron chi connectivity index (χ2n) is 4.18.